The van der Waals surface area contributed by atoms with Gasteiger partial charge in [0.2, 0.25) is 0 Å². The number of hydrogen-bond acceptors (Lipinski definition) is 2. The number of likely N-dealkylation sites (tertiary alicyclic amines) is 1. The Hall–Kier alpha value is -0.0800. The van der Waals surface area contributed by atoms with Crippen LogP contribution in [0.5, 0.6) is 0 Å². The van der Waals surface area contributed by atoms with Gasteiger partial charge in [0, 0.05) is 18.1 Å². The molecular formula is C16H30N2. The number of fused-ring (bicyclic) bond motifs is 1. The maximum Gasteiger partial charge on any atom is 0.0309 e. The Morgan fingerprint density at radius 3 is 2.44 bits per heavy atom. The van der Waals surface area contributed by atoms with Crippen molar-refractivity contribution in [3.8, 4) is 0 Å². The van der Waals surface area contributed by atoms with E-state index in [9.17, 15) is 0 Å². The minimum absolute atomic E-state index is 0.290. The molecule has 2 N–H and O–H groups in total. The van der Waals surface area contributed by atoms with Gasteiger partial charge in [0.25, 0.3) is 0 Å². The fourth-order valence-electron chi connectivity index (χ4n) is 4.76. The fourth-order valence-corrected chi connectivity index (χ4v) is 4.76. The van der Waals surface area contributed by atoms with E-state index in [-0.39, 0.29) is 0 Å². The molecule has 2 saturated carbocycles. The molecule has 0 amide bonds. The maximum absolute atomic E-state index is 6.21. The molecule has 2 aliphatic carbocycles. The van der Waals surface area contributed by atoms with Crippen LogP contribution in [0.1, 0.15) is 64.7 Å². The van der Waals surface area contributed by atoms with Crippen LogP contribution in [0.25, 0.3) is 0 Å². The zero-order valence-corrected chi connectivity index (χ0v) is 12.0. The van der Waals surface area contributed by atoms with E-state index >= 15 is 0 Å². The first-order chi connectivity index (χ1) is 8.73. The highest BCUT2D eigenvalue weighted by Gasteiger charge is 2.44. The molecule has 3 fully saturated rings. The molecule has 3 rings (SSSR count). The lowest BCUT2D eigenvalue weighted by Gasteiger charge is -2.51. The van der Waals surface area contributed by atoms with Crippen molar-refractivity contribution in [3.63, 3.8) is 0 Å². The Morgan fingerprint density at radius 1 is 1.06 bits per heavy atom. The van der Waals surface area contributed by atoms with Crippen molar-refractivity contribution in [3.05, 3.63) is 0 Å². The normalized spacial score (nSPS) is 37.0. The van der Waals surface area contributed by atoms with Crippen LogP contribution in [0.3, 0.4) is 0 Å². The third-order valence-corrected chi connectivity index (χ3v) is 6.08. The van der Waals surface area contributed by atoms with Crippen LogP contribution in [0.2, 0.25) is 0 Å². The smallest absolute Gasteiger partial charge is 0.0309 e. The summed E-state index contributed by atoms with van der Waals surface area (Å²) in [5, 5.41) is 0. The number of piperidine rings is 1. The van der Waals surface area contributed by atoms with Crippen molar-refractivity contribution in [2.45, 2.75) is 76.3 Å². The van der Waals surface area contributed by atoms with E-state index < -0.39 is 0 Å². The quantitative estimate of drug-likeness (QED) is 0.830. The van der Waals surface area contributed by atoms with Crippen LogP contribution in [0, 0.1) is 11.8 Å². The van der Waals surface area contributed by atoms with E-state index in [0.717, 1.165) is 24.4 Å². The van der Waals surface area contributed by atoms with Gasteiger partial charge in [-0.1, -0.05) is 25.7 Å². The highest BCUT2D eigenvalue weighted by molar-refractivity contribution is 4.99. The largest absolute Gasteiger partial charge is 0.329 e. The molecule has 0 radical (unpaired) electrons. The zero-order valence-electron chi connectivity index (χ0n) is 12.0. The summed E-state index contributed by atoms with van der Waals surface area (Å²) in [6.45, 7) is 4.61. The van der Waals surface area contributed by atoms with E-state index in [2.05, 4.69) is 11.8 Å². The molecule has 1 heterocycles. The molecule has 18 heavy (non-hydrogen) atoms. The Bertz CT molecular complexity index is 287. The Kier molecular flexibility index (Phi) is 3.68. The summed E-state index contributed by atoms with van der Waals surface area (Å²) in [5.41, 5.74) is 6.50. The topological polar surface area (TPSA) is 29.3 Å². The highest BCUT2D eigenvalue weighted by atomic mass is 15.2. The number of rotatable bonds is 4. The molecule has 0 aromatic carbocycles. The van der Waals surface area contributed by atoms with Gasteiger partial charge in [0.15, 0.2) is 0 Å². The molecule has 104 valence electrons. The van der Waals surface area contributed by atoms with Crippen LogP contribution in [-0.4, -0.2) is 29.6 Å². The molecule has 0 aromatic heterocycles. The van der Waals surface area contributed by atoms with Crippen LogP contribution >= 0.6 is 0 Å². The predicted octanol–water partition coefficient (Wildman–Crippen LogP) is 3.16. The summed E-state index contributed by atoms with van der Waals surface area (Å²) in [6, 6.07) is 0.868. The molecule has 1 saturated heterocycles. The van der Waals surface area contributed by atoms with Gasteiger partial charge in [0.05, 0.1) is 0 Å². The third kappa shape index (κ3) is 2.22. The van der Waals surface area contributed by atoms with Gasteiger partial charge >= 0.3 is 0 Å². The first-order valence-corrected chi connectivity index (χ1v) is 8.20. The Balaban J connectivity index is 1.72. The molecular weight excluding hydrogens is 220 g/mol. The molecule has 0 spiro atoms. The minimum atomic E-state index is 0.290. The second kappa shape index (κ2) is 5.13. The van der Waals surface area contributed by atoms with Crippen molar-refractivity contribution in [2.75, 3.05) is 13.1 Å². The van der Waals surface area contributed by atoms with Crippen LogP contribution in [0.4, 0.5) is 0 Å². The lowest BCUT2D eigenvalue weighted by molar-refractivity contribution is -0.00721. The second-order valence-corrected chi connectivity index (χ2v) is 7.30. The van der Waals surface area contributed by atoms with Crippen molar-refractivity contribution >= 4 is 0 Å². The van der Waals surface area contributed by atoms with Gasteiger partial charge < -0.3 is 5.73 Å². The molecule has 3 atom stereocenters. The van der Waals surface area contributed by atoms with Crippen molar-refractivity contribution in [1.29, 1.82) is 0 Å². The summed E-state index contributed by atoms with van der Waals surface area (Å²) < 4.78 is 0. The first kappa shape index (κ1) is 12.9. The van der Waals surface area contributed by atoms with Crippen molar-refractivity contribution in [2.24, 2.45) is 17.6 Å². The summed E-state index contributed by atoms with van der Waals surface area (Å²) in [5.74, 6) is 1.96. The second-order valence-electron chi connectivity index (χ2n) is 7.30. The number of hydrogen-bond donors (Lipinski definition) is 1. The summed E-state index contributed by atoms with van der Waals surface area (Å²) >= 11 is 0. The molecule has 2 heteroatoms. The van der Waals surface area contributed by atoms with Crippen LogP contribution in [-0.2, 0) is 0 Å². The van der Waals surface area contributed by atoms with E-state index in [1.54, 1.807) is 0 Å². The van der Waals surface area contributed by atoms with Crippen molar-refractivity contribution in [1.82, 2.24) is 4.90 Å². The Labute approximate surface area is 112 Å². The van der Waals surface area contributed by atoms with Crippen LogP contribution in [0.15, 0.2) is 0 Å². The maximum atomic E-state index is 6.21. The standard InChI is InChI=1S/C16H30N2/c1-16(12-17,11-13-5-2-6-13)18-10-4-8-14-7-3-9-15(14)18/h13-15H,2-12,17H2,1H3. The summed E-state index contributed by atoms with van der Waals surface area (Å²) in [7, 11) is 0. The average molecular weight is 250 g/mol. The van der Waals surface area contributed by atoms with Gasteiger partial charge in [-0.25, -0.2) is 0 Å². The zero-order chi connectivity index (χ0) is 12.6. The van der Waals surface area contributed by atoms with E-state index in [0.29, 0.717) is 5.54 Å². The predicted molar refractivity (Wildman–Crippen MR) is 76.5 cm³/mol. The van der Waals surface area contributed by atoms with Gasteiger partial charge in [0.1, 0.15) is 0 Å². The molecule has 2 nitrogen and oxygen atoms in total. The third-order valence-electron chi connectivity index (χ3n) is 6.08. The van der Waals surface area contributed by atoms with Gasteiger partial charge in [-0.05, 0) is 57.4 Å². The first-order valence-electron chi connectivity index (χ1n) is 8.20. The number of nitrogens with zero attached hydrogens (tertiary/aromatic N) is 1. The van der Waals surface area contributed by atoms with Gasteiger partial charge in [-0.2, -0.15) is 0 Å². The highest BCUT2D eigenvalue weighted by Crippen LogP contribution is 2.43. The molecule has 3 unspecified atom stereocenters. The van der Waals surface area contributed by atoms with E-state index in [4.69, 9.17) is 5.73 Å². The lowest BCUT2D eigenvalue weighted by atomic mass is 9.74. The minimum Gasteiger partial charge on any atom is -0.329 e. The van der Waals surface area contributed by atoms with Gasteiger partial charge in [-0.3, -0.25) is 4.90 Å². The van der Waals surface area contributed by atoms with Crippen molar-refractivity contribution < 1.29 is 0 Å². The lowest BCUT2D eigenvalue weighted by Crippen LogP contribution is -2.59. The van der Waals surface area contributed by atoms with Crippen LogP contribution < -0.4 is 5.73 Å². The summed E-state index contributed by atoms with van der Waals surface area (Å²) in [6.07, 6.45) is 13.0. The Morgan fingerprint density at radius 2 is 1.78 bits per heavy atom. The molecule has 1 aliphatic heterocycles. The molecule has 0 aromatic rings. The molecule has 0 bridgehead atoms. The monoisotopic (exact) mass is 250 g/mol. The van der Waals surface area contributed by atoms with E-state index in [1.807, 2.05) is 0 Å². The van der Waals surface area contributed by atoms with E-state index in [1.165, 1.54) is 64.3 Å². The fraction of sp³-hybridized carbons (Fsp3) is 1.00. The van der Waals surface area contributed by atoms with Gasteiger partial charge in [-0.15, -0.1) is 0 Å². The molecule has 3 aliphatic rings. The summed E-state index contributed by atoms with van der Waals surface area (Å²) in [4.78, 5) is 2.84. The average Bonchev–Trinajstić information content (AvgIpc) is 2.81. The SMILES string of the molecule is CC(CN)(CC1CCC1)N1CCCC2CCCC21. The number of nitrogens with two attached hydrogens (primary N) is 1.